The SMILES string of the molecule is CCCc1ncncc1C(=O)N1CCC[C@@H](c2n[nH]c(C)n2)C1. The van der Waals surface area contributed by atoms with Crippen molar-refractivity contribution in [2.75, 3.05) is 13.1 Å². The largest absolute Gasteiger partial charge is 0.338 e. The van der Waals surface area contributed by atoms with Gasteiger partial charge < -0.3 is 4.90 Å². The van der Waals surface area contributed by atoms with Gasteiger partial charge in [0.25, 0.3) is 5.91 Å². The first-order valence-electron chi connectivity index (χ1n) is 8.16. The van der Waals surface area contributed by atoms with Crippen molar-refractivity contribution in [2.45, 2.75) is 45.4 Å². The first-order valence-corrected chi connectivity index (χ1v) is 8.16. The van der Waals surface area contributed by atoms with Crippen LogP contribution in [0.3, 0.4) is 0 Å². The summed E-state index contributed by atoms with van der Waals surface area (Å²) in [6.07, 6.45) is 6.87. The number of carbonyl (C=O) groups excluding carboxylic acids is 1. The fourth-order valence-electron chi connectivity index (χ4n) is 3.05. The van der Waals surface area contributed by atoms with Crippen LogP contribution in [0.25, 0.3) is 0 Å². The van der Waals surface area contributed by atoms with Gasteiger partial charge in [0, 0.05) is 25.2 Å². The normalized spacial score (nSPS) is 18.2. The molecule has 7 nitrogen and oxygen atoms in total. The first-order chi connectivity index (χ1) is 11.2. The van der Waals surface area contributed by atoms with Crippen LogP contribution >= 0.6 is 0 Å². The van der Waals surface area contributed by atoms with Crippen LogP contribution in [0.1, 0.15) is 59.8 Å². The number of piperidine rings is 1. The Morgan fingerprint density at radius 2 is 2.35 bits per heavy atom. The molecule has 2 aromatic rings. The molecule has 23 heavy (non-hydrogen) atoms. The van der Waals surface area contributed by atoms with Gasteiger partial charge in [0.2, 0.25) is 0 Å². The lowest BCUT2D eigenvalue weighted by atomic mass is 9.96. The topological polar surface area (TPSA) is 87.7 Å². The molecule has 0 radical (unpaired) electrons. The molecule has 7 heteroatoms. The highest BCUT2D eigenvalue weighted by Gasteiger charge is 2.28. The summed E-state index contributed by atoms with van der Waals surface area (Å²) >= 11 is 0. The highest BCUT2D eigenvalue weighted by molar-refractivity contribution is 5.95. The highest BCUT2D eigenvalue weighted by Crippen LogP contribution is 2.25. The van der Waals surface area contributed by atoms with Gasteiger partial charge in [0.15, 0.2) is 5.82 Å². The van der Waals surface area contributed by atoms with Crippen LogP contribution in [0.4, 0.5) is 0 Å². The third-order valence-corrected chi connectivity index (χ3v) is 4.20. The lowest BCUT2D eigenvalue weighted by Gasteiger charge is -2.31. The van der Waals surface area contributed by atoms with E-state index in [2.05, 4.69) is 32.1 Å². The minimum atomic E-state index is 0.0195. The molecule has 1 atom stereocenters. The summed E-state index contributed by atoms with van der Waals surface area (Å²) < 4.78 is 0. The summed E-state index contributed by atoms with van der Waals surface area (Å²) in [4.78, 5) is 27.5. The molecule has 0 bridgehead atoms. The number of hydrogen-bond acceptors (Lipinski definition) is 5. The molecule has 0 unspecified atom stereocenters. The Bertz CT molecular complexity index is 683. The molecule has 1 saturated heterocycles. The third kappa shape index (κ3) is 3.38. The summed E-state index contributed by atoms with van der Waals surface area (Å²) in [5, 5.41) is 7.14. The molecule has 3 rings (SSSR count). The van der Waals surface area contributed by atoms with Gasteiger partial charge in [0.1, 0.15) is 12.2 Å². The summed E-state index contributed by atoms with van der Waals surface area (Å²) in [6, 6.07) is 0. The zero-order valence-corrected chi connectivity index (χ0v) is 13.6. The van der Waals surface area contributed by atoms with E-state index in [1.165, 1.54) is 6.33 Å². The van der Waals surface area contributed by atoms with E-state index in [4.69, 9.17) is 0 Å². The Balaban J connectivity index is 1.77. The lowest BCUT2D eigenvalue weighted by molar-refractivity contribution is 0.0702. The number of aryl methyl sites for hydroxylation is 2. The number of H-pyrrole nitrogens is 1. The van der Waals surface area contributed by atoms with Crippen molar-refractivity contribution in [3.63, 3.8) is 0 Å². The van der Waals surface area contributed by atoms with Gasteiger partial charge in [-0.15, -0.1) is 0 Å². The monoisotopic (exact) mass is 314 g/mol. The van der Waals surface area contributed by atoms with Crippen LogP contribution in [-0.2, 0) is 6.42 Å². The molecule has 2 aromatic heterocycles. The number of likely N-dealkylation sites (tertiary alicyclic amines) is 1. The van der Waals surface area contributed by atoms with Gasteiger partial charge in [-0.1, -0.05) is 13.3 Å². The number of rotatable bonds is 4. The van der Waals surface area contributed by atoms with E-state index in [1.807, 2.05) is 11.8 Å². The summed E-state index contributed by atoms with van der Waals surface area (Å²) in [6.45, 7) is 5.38. The van der Waals surface area contributed by atoms with E-state index < -0.39 is 0 Å². The van der Waals surface area contributed by atoms with Gasteiger partial charge in [-0.05, 0) is 26.2 Å². The van der Waals surface area contributed by atoms with Crippen LogP contribution in [-0.4, -0.2) is 49.0 Å². The van der Waals surface area contributed by atoms with Gasteiger partial charge in [-0.3, -0.25) is 9.89 Å². The number of nitrogens with one attached hydrogen (secondary N) is 1. The van der Waals surface area contributed by atoms with Crippen molar-refractivity contribution in [1.29, 1.82) is 0 Å². The van der Waals surface area contributed by atoms with E-state index in [9.17, 15) is 4.79 Å². The zero-order valence-electron chi connectivity index (χ0n) is 13.6. The highest BCUT2D eigenvalue weighted by atomic mass is 16.2. The summed E-state index contributed by atoms with van der Waals surface area (Å²) in [7, 11) is 0. The Hall–Kier alpha value is -2.31. The maximum absolute atomic E-state index is 12.9. The molecular formula is C16H22N6O. The molecule has 1 aliphatic heterocycles. The van der Waals surface area contributed by atoms with Crippen molar-refractivity contribution >= 4 is 5.91 Å². The molecule has 1 N–H and O–H groups in total. The maximum Gasteiger partial charge on any atom is 0.257 e. The number of amides is 1. The lowest BCUT2D eigenvalue weighted by Crippen LogP contribution is -2.40. The molecule has 0 aliphatic carbocycles. The average Bonchev–Trinajstić information content (AvgIpc) is 3.02. The fraction of sp³-hybridized carbons (Fsp3) is 0.562. The van der Waals surface area contributed by atoms with Crippen molar-refractivity contribution in [1.82, 2.24) is 30.0 Å². The Kier molecular flexibility index (Phi) is 4.64. The predicted octanol–water partition coefficient (Wildman–Crippen LogP) is 1.88. The van der Waals surface area contributed by atoms with E-state index in [-0.39, 0.29) is 11.8 Å². The van der Waals surface area contributed by atoms with Gasteiger partial charge in [0.05, 0.1) is 11.3 Å². The smallest absolute Gasteiger partial charge is 0.257 e. The Morgan fingerprint density at radius 1 is 1.48 bits per heavy atom. The zero-order chi connectivity index (χ0) is 16.2. The van der Waals surface area contributed by atoms with Gasteiger partial charge in [-0.25, -0.2) is 15.0 Å². The number of aromatic amines is 1. The number of carbonyl (C=O) groups is 1. The molecule has 3 heterocycles. The maximum atomic E-state index is 12.9. The summed E-state index contributed by atoms with van der Waals surface area (Å²) in [5.74, 6) is 1.83. The second kappa shape index (κ2) is 6.85. The molecule has 1 fully saturated rings. The van der Waals surface area contributed by atoms with Crippen LogP contribution in [0.2, 0.25) is 0 Å². The Labute approximate surface area is 135 Å². The predicted molar refractivity (Wildman–Crippen MR) is 85.0 cm³/mol. The van der Waals surface area contributed by atoms with E-state index >= 15 is 0 Å². The number of aromatic nitrogens is 5. The molecule has 1 amide bonds. The van der Waals surface area contributed by atoms with E-state index in [1.54, 1.807) is 6.20 Å². The van der Waals surface area contributed by atoms with Crippen LogP contribution < -0.4 is 0 Å². The first kappa shape index (κ1) is 15.6. The molecular weight excluding hydrogens is 292 g/mol. The van der Waals surface area contributed by atoms with Gasteiger partial charge >= 0.3 is 0 Å². The second-order valence-electron chi connectivity index (χ2n) is 6.00. The molecule has 122 valence electrons. The quantitative estimate of drug-likeness (QED) is 0.931. The van der Waals surface area contributed by atoms with E-state index in [0.29, 0.717) is 12.1 Å². The molecule has 0 spiro atoms. The molecule has 1 aliphatic rings. The third-order valence-electron chi connectivity index (χ3n) is 4.20. The van der Waals surface area contributed by atoms with Crippen LogP contribution in [0.5, 0.6) is 0 Å². The van der Waals surface area contributed by atoms with Crippen molar-refractivity contribution in [3.05, 3.63) is 35.4 Å². The summed E-state index contributed by atoms with van der Waals surface area (Å²) in [5.41, 5.74) is 1.46. The Morgan fingerprint density at radius 3 is 3.09 bits per heavy atom. The minimum Gasteiger partial charge on any atom is -0.338 e. The van der Waals surface area contributed by atoms with Crippen molar-refractivity contribution < 1.29 is 4.79 Å². The van der Waals surface area contributed by atoms with Crippen molar-refractivity contribution in [2.24, 2.45) is 0 Å². The van der Waals surface area contributed by atoms with Crippen molar-refractivity contribution in [3.8, 4) is 0 Å². The minimum absolute atomic E-state index is 0.0195. The van der Waals surface area contributed by atoms with Crippen LogP contribution in [0, 0.1) is 6.92 Å². The molecule has 0 saturated carbocycles. The fourth-order valence-corrected chi connectivity index (χ4v) is 3.05. The average molecular weight is 314 g/mol. The van der Waals surface area contributed by atoms with Gasteiger partial charge in [-0.2, -0.15) is 5.10 Å². The van der Waals surface area contributed by atoms with Crippen LogP contribution in [0.15, 0.2) is 12.5 Å². The van der Waals surface area contributed by atoms with E-state index in [0.717, 1.165) is 49.6 Å². The second-order valence-corrected chi connectivity index (χ2v) is 6.00. The standard InChI is InChI=1S/C16H22N6O/c1-3-5-14-13(8-17-10-18-14)16(23)22-7-4-6-12(9-22)15-19-11(2)20-21-15/h8,10,12H,3-7,9H2,1-2H3,(H,19,20,21)/t12-/m1/s1. The molecule has 0 aromatic carbocycles. The number of nitrogens with zero attached hydrogens (tertiary/aromatic N) is 5. The number of hydrogen-bond donors (Lipinski definition) is 1.